The smallest absolute Gasteiger partial charge is 0.410 e. The molecule has 0 radical (unpaired) electrons. The molecule has 3 atom stereocenters. The fourth-order valence-electron chi connectivity index (χ4n) is 2.73. The highest BCUT2D eigenvalue weighted by Gasteiger charge is 2.46. The third-order valence-corrected chi connectivity index (χ3v) is 3.53. The Kier molecular flexibility index (Phi) is 6.14. The lowest BCUT2D eigenvalue weighted by Crippen LogP contribution is -2.47. The third kappa shape index (κ3) is 5.85. The molecule has 24 heavy (non-hydrogen) atoms. The number of likely N-dealkylation sites (tertiary alicyclic amines) is 1. The number of carbonyl (C=O) groups excluding carboxylic acids is 2. The van der Waals surface area contributed by atoms with E-state index in [1.165, 1.54) is 4.90 Å². The average Bonchev–Trinajstić information content (AvgIpc) is 2.62. The van der Waals surface area contributed by atoms with Crippen LogP contribution in [-0.4, -0.2) is 58.1 Å². The van der Waals surface area contributed by atoms with E-state index in [1.807, 2.05) is 13.8 Å². The molecule has 0 aromatic carbocycles. The number of ether oxygens (including phenoxy) is 2. The predicted octanol–water partition coefficient (Wildman–Crippen LogP) is 2.52. The van der Waals surface area contributed by atoms with Crippen LogP contribution in [0.1, 0.15) is 55.4 Å². The van der Waals surface area contributed by atoms with Gasteiger partial charge in [0.1, 0.15) is 11.2 Å². The predicted molar refractivity (Wildman–Crippen MR) is 90.7 cm³/mol. The van der Waals surface area contributed by atoms with E-state index < -0.39 is 41.6 Å². The van der Waals surface area contributed by atoms with Gasteiger partial charge >= 0.3 is 12.2 Å². The van der Waals surface area contributed by atoms with Crippen LogP contribution in [0.5, 0.6) is 0 Å². The van der Waals surface area contributed by atoms with Crippen molar-refractivity contribution in [3.63, 3.8) is 0 Å². The van der Waals surface area contributed by atoms with Crippen LogP contribution in [0.15, 0.2) is 0 Å². The van der Waals surface area contributed by atoms with E-state index in [1.54, 1.807) is 41.5 Å². The fraction of sp³-hybridized carbons (Fsp3) is 0.882. The molecule has 2 unspecified atom stereocenters. The summed E-state index contributed by atoms with van der Waals surface area (Å²) in [6, 6.07) is -1.03. The maximum absolute atomic E-state index is 12.4. The van der Waals surface area contributed by atoms with E-state index in [4.69, 9.17) is 9.47 Å². The Morgan fingerprint density at radius 2 is 1.58 bits per heavy atom. The number of nitrogens with zero attached hydrogens (tertiary/aromatic N) is 1. The van der Waals surface area contributed by atoms with Gasteiger partial charge in [0.05, 0.1) is 18.2 Å². The summed E-state index contributed by atoms with van der Waals surface area (Å²) in [6.45, 7) is 14.7. The Bertz CT molecular complexity index is 465. The van der Waals surface area contributed by atoms with E-state index in [0.29, 0.717) is 0 Å². The Morgan fingerprint density at radius 3 is 2.00 bits per heavy atom. The highest BCUT2D eigenvalue weighted by molar-refractivity contribution is 5.71. The van der Waals surface area contributed by atoms with Gasteiger partial charge in [-0.2, -0.15) is 0 Å². The largest absolute Gasteiger partial charge is 0.444 e. The summed E-state index contributed by atoms with van der Waals surface area (Å²) >= 11 is 0. The number of alkyl carbamates (subject to hydrolysis) is 1. The summed E-state index contributed by atoms with van der Waals surface area (Å²) in [6.07, 6.45) is -1.99. The highest BCUT2D eigenvalue weighted by atomic mass is 16.6. The lowest BCUT2D eigenvalue weighted by atomic mass is 9.98. The van der Waals surface area contributed by atoms with Crippen molar-refractivity contribution in [3.05, 3.63) is 0 Å². The van der Waals surface area contributed by atoms with Gasteiger partial charge in [0, 0.05) is 6.54 Å². The van der Waals surface area contributed by atoms with Crippen molar-refractivity contribution < 1.29 is 24.2 Å². The number of rotatable bonds is 2. The molecule has 7 nitrogen and oxygen atoms in total. The van der Waals surface area contributed by atoms with E-state index >= 15 is 0 Å². The Labute approximate surface area is 144 Å². The van der Waals surface area contributed by atoms with E-state index in [9.17, 15) is 14.7 Å². The van der Waals surface area contributed by atoms with Crippen molar-refractivity contribution in [2.75, 3.05) is 6.54 Å². The second-order valence-corrected chi connectivity index (χ2v) is 8.61. The van der Waals surface area contributed by atoms with Gasteiger partial charge in [-0.15, -0.1) is 0 Å². The van der Waals surface area contributed by atoms with Gasteiger partial charge in [-0.1, -0.05) is 13.8 Å². The number of hydrogen-bond donors (Lipinski definition) is 2. The maximum Gasteiger partial charge on any atom is 0.410 e. The molecule has 140 valence electrons. The minimum Gasteiger partial charge on any atom is -0.444 e. The van der Waals surface area contributed by atoms with Crippen molar-refractivity contribution in [1.29, 1.82) is 0 Å². The number of hydrogen-bond acceptors (Lipinski definition) is 5. The summed E-state index contributed by atoms with van der Waals surface area (Å²) in [7, 11) is 0. The van der Waals surface area contributed by atoms with Crippen LogP contribution < -0.4 is 5.32 Å². The molecule has 1 heterocycles. The van der Waals surface area contributed by atoms with Crippen molar-refractivity contribution in [1.82, 2.24) is 10.2 Å². The number of carbonyl (C=O) groups is 2. The fourth-order valence-corrected chi connectivity index (χ4v) is 2.73. The molecule has 2 N–H and O–H groups in total. The third-order valence-electron chi connectivity index (χ3n) is 3.53. The Hall–Kier alpha value is -1.50. The average molecular weight is 344 g/mol. The lowest BCUT2D eigenvalue weighted by molar-refractivity contribution is 0.00847. The topological polar surface area (TPSA) is 88.1 Å². The number of aliphatic hydroxyl groups excluding tert-OH is 1. The number of nitrogens with one attached hydrogen (secondary N) is 1. The maximum atomic E-state index is 12.4. The van der Waals surface area contributed by atoms with Crippen LogP contribution in [0, 0.1) is 5.92 Å². The Morgan fingerprint density at radius 1 is 1.08 bits per heavy atom. The molecular formula is C17H32N2O5. The molecule has 1 aliphatic heterocycles. The van der Waals surface area contributed by atoms with Crippen LogP contribution in [0.25, 0.3) is 0 Å². The first-order valence-electron chi connectivity index (χ1n) is 8.38. The van der Waals surface area contributed by atoms with Gasteiger partial charge in [-0.05, 0) is 47.5 Å². The second-order valence-electron chi connectivity index (χ2n) is 8.61. The number of amides is 2. The van der Waals surface area contributed by atoms with Crippen LogP contribution in [-0.2, 0) is 9.47 Å². The molecule has 0 spiro atoms. The first-order valence-corrected chi connectivity index (χ1v) is 8.38. The normalized spacial score (nSPS) is 24.9. The summed E-state index contributed by atoms with van der Waals surface area (Å²) in [5.74, 6) is 0.0120. The minimum absolute atomic E-state index is 0.0120. The van der Waals surface area contributed by atoms with Crippen molar-refractivity contribution in [2.45, 2.75) is 84.8 Å². The summed E-state index contributed by atoms with van der Waals surface area (Å²) in [4.78, 5) is 25.9. The highest BCUT2D eigenvalue weighted by Crippen LogP contribution is 2.27. The standard InChI is InChI=1S/C17H32N2O5/c1-10(2)12-13(20)11(18-14(21)23-16(3,4)5)9-19(12)15(22)24-17(6,7)8/h10-13,20H,9H2,1-8H3,(H,18,21)/t11?,12?,13-/m0/s1. The summed E-state index contributed by atoms with van der Waals surface area (Å²) in [5.41, 5.74) is -1.25. The van der Waals surface area contributed by atoms with Gasteiger partial charge in [0.2, 0.25) is 0 Å². The first-order chi connectivity index (χ1) is 10.7. The molecular weight excluding hydrogens is 312 g/mol. The van der Waals surface area contributed by atoms with Gasteiger partial charge in [0.25, 0.3) is 0 Å². The molecule has 1 rings (SSSR count). The molecule has 0 aliphatic carbocycles. The monoisotopic (exact) mass is 344 g/mol. The Balaban J connectivity index is 2.84. The van der Waals surface area contributed by atoms with Crippen molar-refractivity contribution >= 4 is 12.2 Å². The van der Waals surface area contributed by atoms with Crippen LogP contribution in [0.2, 0.25) is 0 Å². The molecule has 1 fully saturated rings. The summed E-state index contributed by atoms with van der Waals surface area (Å²) in [5, 5.41) is 13.2. The van der Waals surface area contributed by atoms with Gasteiger partial charge in [0.15, 0.2) is 0 Å². The molecule has 0 bridgehead atoms. The molecule has 1 aliphatic rings. The van der Waals surface area contributed by atoms with Crippen LogP contribution in [0.3, 0.4) is 0 Å². The lowest BCUT2D eigenvalue weighted by Gasteiger charge is -2.31. The zero-order chi connectivity index (χ0) is 18.9. The molecule has 1 saturated heterocycles. The first kappa shape index (κ1) is 20.5. The molecule has 7 heteroatoms. The summed E-state index contributed by atoms with van der Waals surface area (Å²) < 4.78 is 10.6. The van der Waals surface area contributed by atoms with Crippen molar-refractivity contribution in [3.8, 4) is 0 Å². The second kappa shape index (κ2) is 7.17. The minimum atomic E-state index is -0.884. The molecule has 0 aromatic rings. The van der Waals surface area contributed by atoms with Gasteiger partial charge in [-0.25, -0.2) is 9.59 Å². The quantitative estimate of drug-likeness (QED) is 0.803. The van der Waals surface area contributed by atoms with E-state index in [-0.39, 0.29) is 12.5 Å². The van der Waals surface area contributed by atoms with Crippen molar-refractivity contribution in [2.24, 2.45) is 5.92 Å². The van der Waals surface area contributed by atoms with Gasteiger partial charge in [-0.3, -0.25) is 0 Å². The van der Waals surface area contributed by atoms with E-state index in [0.717, 1.165) is 0 Å². The van der Waals surface area contributed by atoms with E-state index in [2.05, 4.69) is 5.32 Å². The number of aliphatic hydroxyl groups is 1. The molecule has 0 saturated carbocycles. The zero-order valence-electron chi connectivity index (χ0n) is 16.0. The zero-order valence-corrected chi connectivity index (χ0v) is 16.0. The SMILES string of the molecule is CC(C)C1[C@@H](O)C(NC(=O)OC(C)(C)C)CN1C(=O)OC(C)(C)C. The van der Waals surface area contributed by atoms with Crippen LogP contribution in [0.4, 0.5) is 9.59 Å². The molecule has 0 aromatic heterocycles. The van der Waals surface area contributed by atoms with Gasteiger partial charge < -0.3 is 24.8 Å². The molecule has 2 amide bonds. The van der Waals surface area contributed by atoms with Crippen LogP contribution >= 0.6 is 0 Å².